The van der Waals surface area contributed by atoms with E-state index in [1.54, 1.807) is 7.11 Å². The summed E-state index contributed by atoms with van der Waals surface area (Å²) in [5, 5.41) is 13.3. The van der Waals surface area contributed by atoms with Crippen molar-refractivity contribution in [1.82, 2.24) is 5.32 Å². The van der Waals surface area contributed by atoms with Gasteiger partial charge in [0.15, 0.2) is 0 Å². The van der Waals surface area contributed by atoms with Crippen molar-refractivity contribution in [2.24, 2.45) is 5.92 Å². The fourth-order valence-electron chi connectivity index (χ4n) is 2.37. The Morgan fingerprint density at radius 3 is 2.39 bits per heavy atom. The van der Waals surface area contributed by atoms with Gasteiger partial charge in [0.2, 0.25) is 0 Å². The summed E-state index contributed by atoms with van der Waals surface area (Å²) in [4.78, 5) is 0. The van der Waals surface area contributed by atoms with Crippen LogP contribution in [0.2, 0.25) is 0 Å². The summed E-state index contributed by atoms with van der Waals surface area (Å²) in [7, 11) is 1.65. The molecule has 0 unspecified atom stereocenters. The molecule has 132 valence electrons. The minimum Gasteiger partial charge on any atom is -0.497 e. The molecule has 0 aromatic heterocycles. The van der Waals surface area contributed by atoms with Crippen molar-refractivity contribution in [3.63, 3.8) is 0 Å². The van der Waals surface area contributed by atoms with Crippen LogP contribution in [0, 0.1) is 5.92 Å². The Bertz CT molecular complexity index is 406. The van der Waals surface area contributed by atoms with Gasteiger partial charge in [0.1, 0.15) is 5.75 Å². The predicted molar refractivity (Wildman–Crippen MR) is 94.8 cm³/mol. The second kappa shape index (κ2) is 11.4. The molecule has 0 spiro atoms. The summed E-state index contributed by atoms with van der Waals surface area (Å²) in [5.41, 5.74) is 1.08. The molecule has 0 saturated carbocycles. The third-order valence-corrected chi connectivity index (χ3v) is 3.86. The first kappa shape index (κ1) is 19.9. The van der Waals surface area contributed by atoms with E-state index in [1.165, 1.54) is 12.8 Å². The summed E-state index contributed by atoms with van der Waals surface area (Å²) in [5.74, 6) is 1.60. The van der Waals surface area contributed by atoms with Gasteiger partial charge in [0, 0.05) is 12.6 Å². The van der Waals surface area contributed by atoms with E-state index in [4.69, 9.17) is 9.47 Å². The zero-order chi connectivity index (χ0) is 17.1. The molecule has 0 radical (unpaired) electrons. The lowest BCUT2D eigenvalue weighted by molar-refractivity contribution is 0.0277. The lowest BCUT2D eigenvalue weighted by Crippen LogP contribution is -2.35. The Kier molecular flexibility index (Phi) is 9.92. The number of hydrogen-bond acceptors (Lipinski definition) is 4. The number of benzene rings is 1. The highest BCUT2D eigenvalue weighted by Gasteiger charge is 2.08. The molecule has 0 aliphatic rings. The number of nitrogens with one attached hydrogen (secondary N) is 1. The zero-order valence-corrected chi connectivity index (χ0v) is 15.0. The third-order valence-electron chi connectivity index (χ3n) is 3.86. The minimum absolute atomic E-state index is 0.345. The van der Waals surface area contributed by atoms with Gasteiger partial charge in [0.25, 0.3) is 0 Å². The molecular formula is C19H33NO3. The molecule has 4 heteroatoms. The Morgan fingerprint density at radius 2 is 1.78 bits per heavy atom. The van der Waals surface area contributed by atoms with Gasteiger partial charge < -0.3 is 19.9 Å². The summed E-state index contributed by atoms with van der Waals surface area (Å²) >= 11 is 0. The van der Waals surface area contributed by atoms with Crippen LogP contribution in [-0.4, -0.2) is 37.5 Å². The van der Waals surface area contributed by atoms with Gasteiger partial charge >= 0.3 is 0 Å². The number of hydrogen-bond donors (Lipinski definition) is 2. The molecule has 1 aromatic carbocycles. The van der Waals surface area contributed by atoms with E-state index < -0.39 is 6.10 Å². The van der Waals surface area contributed by atoms with E-state index in [9.17, 15) is 5.11 Å². The number of rotatable bonds is 12. The molecule has 2 N–H and O–H groups in total. The molecule has 2 atom stereocenters. The molecule has 0 bridgehead atoms. The fourth-order valence-corrected chi connectivity index (χ4v) is 2.37. The molecule has 1 aromatic rings. The van der Waals surface area contributed by atoms with E-state index in [0.717, 1.165) is 23.7 Å². The molecule has 0 aliphatic carbocycles. The fraction of sp³-hybridized carbons (Fsp3) is 0.684. The maximum Gasteiger partial charge on any atom is 0.118 e. The van der Waals surface area contributed by atoms with E-state index in [0.29, 0.717) is 25.8 Å². The van der Waals surface area contributed by atoms with Crippen molar-refractivity contribution >= 4 is 0 Å². The van der Waals surface area contributed by atoms with Crippen LogP contribution in [0.15, 0.2) is 24.3 Å². The molecule has 0 aliphatic heterocycles. The van der Waals surface area contributed by atoms with E-state index in [-0.39, 0.29) is 0 Å². The summed E-state index contributed by atoms with van der Waals surface area (Å²) in [6.45, 7) is 8.10. The molecule has 0 heterocycles. The van der Waals surface area contributed by atoms with Crippen LogP contribution in [0.4, 0.5) is 0 Å². The monoisotopic (exact) mass is 323 g/mol. The van der Waals surface area contributed by atoms with Crippen molar-refractivity contribution in [2.75, 3.05) is 20.3 Å². The Labute approximate surface area is 141 Å². The predicted octanol–water partition coefficient (Wildman–Crippen LogP) is 3.38. The molecule has 23 heavy (non-hydrogen) atoms. The van der Waals surface area contributed by atoms with Crippen LogP contribution in [0.5, 0.6) is 5.75 Å². The van der Waals surface area contributed by atoms with Crippen molar-refractivity contribution in [2.45, 2.75) is 58.8 Å². The van der Waals surface area contributed by atoms with Crippen molar-refractivity contribution in [3.05, 3.63) is 29.8 Å². The summed E-state index contributed by atoms with van der Waals surface area (Å²) < 4.78 is 10.7. The van der Waals surface area contributed by atoms with Gasteiger partial charge in [-0.3, -0.25) is 0 Å². The SMILES string of the molecule is COc1ccc(COC[C@@H](O)CN[C@H](C)CCCC(C)C)cc1. The van der Waals surface area contributed by atoms with Crippen molar-refractivity contribution in [3.8, 4) is 5.75 Å². The van der Waals surface area contributed by atoms with Gasteiger partial charge in [-0.2, -0.15) is 0 Å². The number of ether oxygens (including phenoxy) is 2. The summed E-state index contributed by atoms with van der Waals surface area (Å²) in [6, 6.07) is 8.20. The lowest BCUT2D eigenvalue weighted by Gasteiger charge is -2.17. The van der Waals surface area contributed by atoms with E-state index >= 15 is 0 Å². The van der Waals surface area contributed by atoms with Crippen LogP contribution >= 0.6 is 0 Å². The maximum absolute atomic E-state index is 9.96. The highest BCUT2D eigenvalue weighted by Crippen LogP contribution is 2.12. The second-order valence-electron chi connectivity index (χ2n) is 6.65. The highest BCUT2D eigenvalue weighted by molar-refractivity contribution is 5.26. The highest BCUT2D eigenvalue weighted by atomic mass is 16.5. The molecule has 0 amide bonds. The van der Waals surface area contributed by atoms with E-state index in [1.807, 2.05) is 24.3 Å². The number of aliphatic hydroxyl groups is 1. The first-order chi connectivity index (χ1) is 11.0. The Hall–Kier alpha value is -1.10. The Balaban J connectivity index is 2.10. The normalized spacial score (nSPS) is 14.0. The first-order valence-electron chi connectivity index (χ1n) is 8.63. The minimum atomic E-state index is -0.471. The molecule has 1 rings (SSSR count). The smallest absolute Gasteiger partial charge is 0.118 e. The van der Waals surface area contributed by atoms with E-state index in [2.05, 4.69) is 26.1 Å². The molecular weight excluding hydrogens is 290 g/mol. The molecule has 4 nitrogen and oxygen atoms in total. The van der Waals surface area contributed by atoms with Crippen LogP contribution in [0.1, 0.15) is 45.6 Å². The largest absolute Gasteiger partial charge is 0.497 e. The van der Waals surface area contributed by atoms with Gasteiger partial charge in [-0.05, 0) is 37.0 Å². The van der Waals surface area contributed by atoms with Crippen LogP contribution in [-0.2, 0) is 11.3 Å². The van der Waals surface area contributed by atoms with Crippen molar-refractivity contribution < 1.29 is 14.6 Å². The van der Waals surface area contributed by atoms with Gasteiger partial charge in [-0.15, -0.1) is 0 Å². The summed E-state index contributed by atoms with van der Waals surface area (Å²) in [6.07, 6.45) is 3.17. The van der Waals surface area contributed by atoms with Crippen LogP contribution in [0.3, 0.4) is 0 Å². The van der Waals surface area contributed by atoms with Gasteiger partial charge in [-0.25, -0.2) is 0 Å². The maximum atomic E-state index is 9.96. The second-order valence-corrected chi connectivity index (χ2v) is 6.65. The van der Waals surface area contributed by atoms with Crippen LogP contribution < -0.4 is 10.1 Å². The average molecular weight is 323 g/mol. The topological polar surface area (TPSA) is 50.7 Å². The Morgan fingerprint density at radius 1 is 1.09 bits per heavy atom. The van der Waals surface area contributed by atoms with Crippen LogP contribution in [0.25, 0.3) is 0 Å². The standard InChI is InChI=1S/C19H33NO3/c1-15(2)6-5-7-16(3)20-12-18(21)14-23-13-17-8-10-19(22-4)11-9-17/h8-11,15-16,18,20-21H,5-7,12-14H2,1-4H3/t16-,18+/m1/s1. The van der Waals surface area contributed by atoms with Crippen molar-refractivity contribution in [1.29, 1.82) is 0 Å². The quantitative estimate of drug-likeness (QED) is 0.619. The number of methoxy groups -OCH3 is 1. The third kappa shape index (κ3) is 9.59. The molecule has 0 saturated heterocycles. The average Bonchev–Trinajstić information content (AvgIpc) is 2.53. The molecule has 0 fully saturated rings. The van der Waals surface area contributed by atoms with Gasteiger partial charge in [0.05, 0.1) is 26.4 Å². The number of aliphatic hydroxyl groups excluding tert-OH is 1. The lowest BCUT2D eigenvalue weighted by atomic mass is 10.0. The zero-order valence-electron chi connectivity index (χ0n) is 15.0. The first-order valence-corrected chi connectivity index (χ1v) is 8.63. The van der Waals surface area contributed by atoms with Gasteiger partial charge in [-0.1, -0.05) is 38.8 Å².